The molecule has 1 heterocycles. The van der Waals surface area contributed by atoms with Crippen molar-refractivity contribution in [2.45, 2.75) is 51.0 Å². The van der Waals surface area contributed by atoms with Gasteiger partial charge in [-0.25, -0.2) is 9.48 Å². The summed E-state index contributed by atoms with van der Waals surface area (Å²) in [6.07, 6.45) is 3.43. The lowest BCUT2D eigenvalue weighted by Crippen LogP contribution is -2.56. The summed E-state index contributed by atoms with van der Waals surface area (Å²) in [5, 5.41) is 17.8. The van der Waals surface area contributed by atoms with Crippen LogP contribution in [0.3, 0.4) is 0 Å². The first kappa shape index (κ1) is 19.1. The molecule has 0 aliphatic heterocycles. The van der Waals surface area contributed by atoms with Crippen LogP contribution in [-0.2, 0) is 23.1 Å². The highest BCUT2D eigenvalue weighted by atomic mass is 16.4. The summed E-state index contributed by atoms with van der Waals surface area (Å²) in [6, 6.07) is 7.01. The molecule has 1 aliphatic carbocycles. The maximum atomic E-state index is 12.7. The molecule has 0 radical (unpaired) electrons. The zero-order chi connectivity index (χ0) is 19.6. The number of aromatic nitrogens is 2. The van der Waals surface area contributed by atoms with Crippen molar-refractivity contribution in [3.63, 3.8) is 0 Å². The highest BCUT2D eigenvalue weighted by molar-refractivity contribution is 5.91. The third kappa shape index (κ3) is 3.72. The number of carboxylic acid groups (broad SMARTS) is 1. The van der Waals surface area contributed by atoms with Gasteiger partial charge < -0.3 is 10.4 Å². The van der Waals surface area contributed by atoms with Gasteiger partial charge in [0.05, 0.1) is 17.5 Å². The molecule has 0 spiro atoms. The highest BCUT2D eigenvalue weighted by Gasteiger charge is 2.42. The predicted octanol–water partition coefficient (Wildman–Crippen LogP) is 2.02. The molecule has 0 saturated heterocycles. The number of carbonyl (C=O) groups excluding carboxylic acids is 1. The largest absolute Gasteiger partial charge is 0.480 e. The van der Waals surface area contributed by atoms with E-state index in [1.807, 2.05) is 0 Å². The molecular weight excluding hydrogens is 346 g/mol. The van der Waals surface area contributed by atoms with E-state index >= 15 is 0 Å². The Morgan fingerprint density at radius 1 is 1.26 bits per heavy atom. The first-order valence-electron chi connectivity index (χ1n) is 9.35. The molecule has 7 nitrogen and oxygen atoms in total. The lowest BCUT2D eigenvalue weighted by atomic mass is 9.75. The topological polar surface area (TPSA) is 101 Å². The first-order chi connectivity index (χ1) is 12.9. The smallest absolute Gasteiger partial charge is 0.329 e. The Bertz CT molecular complexity index is 926. The van der Waals surface area contributed by atoms with E-state index in [-0.39, 0.29) is 17.9 Å². The Morgan fingerprint density at radius 2 is 1.89 bits per heavy atom. The van der Waals surface area contributed by atoms with E-state index in [0.29, 0.717) is 35.2 Å². The van der Waals surface area contributed by atoms with Gasteiger partial charge in [0.15, 0.2) is 0 Å². The molecule has 0 unspecified atom stereocenters. The number of rotatable bonds is 5. The van der Waals surface area contributed by atoms with Gasteiger partial charge in [0, 0.05) is 12.4 Å². The molecule has 144 valence electrons. The van der Waals surface area contributed by atoms with Crippen molar-refractivity contribution in [1.29, 1.82) is 0 Å². The van der Waals surface area contributed by atoms with Crippen LogP contribution in [0.1, 0.15) is 44.7 Å². The fourth-order valence-corrected chi connectivity index (χ4v) is 3.94. The monoisotopic (exact) mass is 371 g/mol. The summed E-state index contributed by atoms with van der Waals surface area (Å²) in [4.78, 5) is 36.8. The molecule has 0 atom stereocenters. The summed E-state index contributed by atoms with van der Waals surface area (Å²) in [6.45, 7) is 2.10. The van der Waals surface area contributed by atoms with Crippen LogP contribution < -0.4 is 10.9 Å². The number of aliphatic carboxylic acids is 1. The van der Waals surface area contributed by atoms with Crippen LogP contribution in [0.5, 0.6) is 0 Å². The van der Waals surface area contributed by atoms with E-state index in [1.165, 1.54) is 4.68 Å². The zero-order valence-electron chi connectivity index (χ0n) is 15.7. The van der Waals surface area contributed by atoms with Crippen LogP contribution in [-0.4, -0.2) is 32.3 Å². The van der Waals surface area contributed by atoms with Gasteiger partial charge in [0.1, 0.15) is 5.54 Å². The van der Waals surface area contributed by atoms with Crippen LogP contribution in [0.15, 0.2) is 29.1 Å². The van der Waals surface area contributed by atoms with Crippen LogP contribution in [0.2, 0.25) is 0 Å². The second-order valence-electron chi connectivity index (χ2n) is 7.38. The van der Waals surface area contributed by atoms with Crippen molar-refractivity contribution < 1.29 is 14.7 Å². The average molecular weight is 371 g/mol. The van der Waals surface area contributed by atoms with Crippen LogP contribution in [0.25, 0.3) is 10.8 Å². The number of nitrogens with zero attached hydrogens (tertiary/aromatic N) is 2. The number of carboxylic acids is 1. The second kappa shape index (κ2) is 7.50. The van der Waals surface area contributed by atoms with Gasteiger partial charge in [-0.05, 0) is 37.7 Å². The Labute approximate surface area is 157 Å². The summed E-state index contributed by atoms with van der Waals surface area (Å²) < 4.78 is 1.21. The zero-order valence-corrected chi connectivity index (χ0v) is 15.7. The predicted molar refractivity (Wildman–Crippen MR) is 101 cm³/mol. The maximum Gasteiger partial charge on any atom is 0.329 e. The van der Waals surface area contributed by atoms with Crippen molar-refractivity contribution in [2.24, 2.45) is 13.0 Å². The highest BCUT2D eigenvalue weighted by Crippen LogP contribution is 2.34. The van der Waals surface area contributed by atoms with E-state index in [9.17, 15) is 19.5 Å². The number of amides is 1. The molecule has 1 aromatic carbocycles. The number of carbonyl (C=O) groups is 2. The fourth-order valence-electron chi connectivity index (χ4n) is 3.94. The molecule has 1 fully saturated rings. The summed E-state index contributed by atoms with van der Waals surface area (Å²) >= 11 is 0. The lowest BCUT2D eigenvalue weighted by molar-refractivity contribution is -0.149. The molecule has 1 aliphatic rings. The molecule has 7 heteroatoms. The molecule has 2 aromatic rings. The third-order valence-corrected chi connectivity index (χ3v) is 5.69. The Balaban J connectivity index is 1.83. The van der Waals surface area contributed by atoms with E-state index in [0.717, 1.165) is 19.3 Å². The molecule has 3 rings (SSSR count). The third-order valence-electron chi connectivity index (χ3n) is 5.69. The minimum atomic E-state index is -1.21. The van der Waals surface area contributed by atoms with E-state index in [1.54, 1.807) is 31.3 Å². The standard InChI is InChI=1S/C20H25N3O4/c1-3-13-8-10-20(11-9-13,19(26)27)21-17(24)12-16-14-6-4-5-7-15(14)18(25)23(2)22-16/h4-7,13H,3,8-12H2,1-2H3,(H,21,24)(H,26,27). The minimum Gasteiger partial charge on any atom is -0.480 e. The molecule has 2 N–H and O–H groups in total. The first-order valence-corrected chi connectivity index (χ1v) is 9.35. The van der Waals surface area contributed by atoms with Gasteiger partial charge in [-0.15, -0.1) is 0 Å². The summed E-state index contributed by atoms with van der Waals surface area (Å²) in [7, 11) is 1.54. The Hall–Kier alpha value is -2.70. The summed E-state index contributed by atoms with van der Waals surface area (Å²) in [5.41, 5.74) is -0.971. The Kier molecular flexibility index (Phi) is 5.30. The van der Waals surface area contributed by atoms with Crippen LogP contribution in [0.4, 0.5) is 0 Å². The summed E-state index contributed by atoms with van der Waals surface area (Å²) in [5.74, 6) is -0.851. The van der Waals surface area contributed by atoms with Gasteiger partial charge in [-0.2, -0.15) is 5.10 Å². The van der Waals surface area contributed by atoms with Gasteiger partial charge in [-0.1, -0.05) is 31.5 Å². The van der Waals surface area contributed by atoms with Crippen molar-refractivity contribution in [3.05, 3.63) is 40.3 Å². The number of hydrogen-bond acceptors (Lipinski definition) is 4. The quantitative estimate of drug-likeness (QED) is 0.837. The number of benzene rings is 1. The van der Waals surface area contributed by atoms with Crippen molar-refractivity contribution in [2.75, 3.05) is 0 Å². The van der Waals surface area contributed by atoms with E-state index < -0.39 is 11.5 Å². The lowest BCUT2D eigenvalue weighted by Gasteiger charge is -2.37. The van der Waals surface area contributed by atoms with E-state index in [4.69, 9.17) is 0 Å². The average Bonchev–Trinajstić information content (AvgIpc) is 2.66. The molecule has 1 saturated carbocycles. The number of hydrogen-bond donors (Lipinski definition) is 2. The van der Waals surface area contributed by atoms with Gasteiger partial charge in [0.25, 0.3) is 5.56 Å². The van der Waals surface area contributed by atoms with Crippen LogP contribution in [0, 0.1) is 5.92 Å². The van der Waals surface area contributed by atoms with Crippen molar-refractivity contribution in [3.8, 4) is 0 Å². The number of fused-ring (bicyclic) bond motifs is 1. The van der Waals surface area contributed by atoms with Gasteiger partial charge in [0.2, 0.25) is 5.91 Å². The van der Waals surface area contributed by atoms with Gasteiger partial charge in [-0.3, -0.25) is 9.59 Å². The number of nitrogens with one attached hydrogen (secondary N) is 1. The van der Waals surface area contributed by atoms with Crippen molar-refractivity contribution >= 4 is 22.6 Å². The van der Waals surface area contributed by atoms with E-state index in [2.05, 4.69) is 17.3 Å². The Morgan fingerprint density at radius 3 is 2.48 bits per heavy atom. The maximum absolute atomic E-state index is 12.7. The van der Waals surface area contributed by atoms with Crippen molar-refractivity contribution in [1.82, 2.24) is 15.1 Å². The van der Waals surface area contributed by atoms with Crippen LogP contribution >= 0.6 is 0 Å². The molecule has 27 heavy (non-hydrogen) atoms. The second-order valence-corrected chi connectivity index (χ2v) is 7.38. The fraction of sp³-hybridized carbons (Fsp3) is 0.500. The molecule has 1 aromatic heterocycles. The van der Waals surface area contributed by atoms with Gasteiger partial charge >= 0.3 is 5.97 Å². The molecule has 0 bridgehead atoms. The molecular formula is C20H25N3O4. The molecule has 1 amide bonds. The normalized spacial score (nSPS) is 22.5. The number of aryl methyl sites for hydroxylation is 1. The minimum absolute atomic E-state index is 0.0686. The SMILES string of the molecule is CCC1CCC(NC(=O)Cc2nn(C)c(=O)c3ccccc23)(C(=O)O)CC1.